The number of nitrogens with zero attached hydrogens (tertiary/aromatic N) is 2. The van der Waals surface area contributed by atoms with E-state index in [0.717, 1.165) is 37.5 Å². The van der Waals surface area contributed by atoms with Crippen LogP contribution in [-0.2, 0) is 19.3 Å². The molecule has 2 aromatic rings. The van der Waals surface area contributed by atoms with Gasteiger partial charge in [0.1, 0.15) is 5.56 Å². The quantitative estimate of drug-likeness (QED) is 0.837. The maximum absolute atomic E-state index is 12.8. The standard InChI is InChI=1S/C19H19F3N4O2/c20-19(21,22)13-1-2-14(24-8-13)9-25-17(27)15-3-4-16-12-5-11(6-23-7-12)10-26(16)18(15)28/h1-4,8,11-12,23H,5-7,9-10H2,(H,25,27)/t11-,12+/m0/s1. The van der Waals surface area contributed by atoms with Gasteiger partial charge in [0.25, 0.3) is 11.5 Å². The number of amides is 1. The molecule has 0 spiro atoms. The number of rotatable bonds is 3. The van der Waals surface area contributed by atoms with E-state index in [1.54, 1.807) is 4.57 Å². The normalized spacial score (nSPS) is 21.1. The van der Waals surface area contributed by atoms with E-state index < -0.39 is 17.6 Å². The van der Waals surface area contributed by atoms with Gasteiger partial charge < -0.3 is 15.2 Å². The number of aromatic nitrogens is 2. The highest BCUT2D eigenvalue weighted by atomic mass is 19.4. The van der Waals surface area contributed by atoms with Crippen molar-refractivity contribution in [2.45, 2.75) is 31.6 Å². The number of nitrogens with one attached hydrogen (secondary N) is 2. The lowest BCUT2D eigenvalue weighted by molar-refractivity contribution is -0.137. The summed E-state index contributed by atoms with van der Waals surface area (Å²) in [5, 5.41) is 5.93. The number of alkyl halides is 3. The van der Waals surface area contributed by atoms with E-state index in [0.29, 0.717) is 12.5 Å². The zero-order valence-electron chi connectivity index (χ0n) is 14.9. The van der Waals surface area contributed by atoms with Crippen LogP contribution in [0, 0.1) is 5.92 Å². The van der Waals surface area contributed by atoms with Crippen LogP contribution in [0.3, 0.4) is 0 Å². The number of carbonyl (C=O) groups excluding carboxylic acids is 1. The van der Waals surface area contributed by atoms with E-state index in [1.807, 2.05) is 6.07 Å². The average molecular weight is 392 g/mol. The highest BCUT2D eigenvalue weighted by Crippen LogP contribution is 2.31. The molecule has 1 fully saturated rings. The van der Waals surface area contributed by atoms with E-state index >= 15 is 0 Å². The smallest absolute Gasteiger partial charge is 0.346 e. The highest BCUT2D eigenvalue weighted by Gasteiger charge is 2.32. The first-order chi connectivity index (χ1) is 13.3. The Balaban J connectivity index is 1.48. The van der Waals surface area contributed by atoms with Crippen molar-refractivity contribution in [3.8, 4) is 0 Å². The zero-order valence-corrected chi connectivity index (χ0v) is 14.9. The van der Waals surface area contributed by atoms with Gasteiger partial charge in [-0.15, -0.1) is 0 Å². The van der Waals surface area contributed by atoms with Crippen molar-refractivity contribution < 1.29 is 18.0 Å². The van der Waals surface area contributed by atoms with Gasteiger partial charge >= 0.3 is 6.18 Å². The summed E-state index contributed by atoms with van der Waals surface area (Å²) in [6.07, 6.45) is -2.69. The van der Waals surface area contributed by atoms with Gasteiger partial charge in [-0.1, -0.05) is 0 Å². The van der Waals surface area contributed by atoms with E-state index in [9.17, 15) is 22.8 Å². The van der Waals surface area contributed by atoms with Gasteiger partial charge in [-0.2, -0.15) is 13.2 Å². The minimum Gasteiger partial charge on any atom is -0.346 e. The number of carbonyl (C=O) groups is 1. The Kier molecular flexibility index (Phi) is 4.70. The molecule has 4 rings (SSSR count). The SMILES string of the molecule is O=C(NCc1ccc(C(F)(F)F)cn1)c1ccc2n(c1=O)C[C@@H]1CNC[C@H]2C1. The molecule has 4 heterocycles. The van der Waals surface area contributed by atoms with Gasteiger partial charge in [0.15, 0.2) is 0 Å². The van der Waals surface area contributed by atoms with Crippen molar-refractivity contribution in [3.63, 3.8) is 0 Å². The first-order valence-electron chi connectivity index (χ1n) is 9.07. The molecule has 0 aromatic carbocycles. The number of hydrogen-bond acceptors (Lipinski definition) is 4. The number of piperidine rings is 1. The number of hydrogen-bond donors (Lipinski definition) is 2. The molecule has 2 aliphatic heterocycles. The van der Waals surface area contributed by atoms with E-state index in [-0.39, 0.29) is 29.3 Å². The van der Waals surface area contributed by atoms with Gasteiger partial charge in [-0.3, -0.25) is 14.6 Å². The molecule has 2 atom stereocenters. The second kappa shape index (κ2) is 7.05. The fourth-order valence-corrected chi connectivity index (χ4v) is 3.93. The molecule has 0 unspecified atom stereocenters. The number of fused-ring (bicyclic) bond motifs is 4. The molecular weight excluding hydrogens is 373 g/mol. The fraction of sp³-hybridized carbons (Fsp3) is 0.421. The Bertz CT molecular complexity index is 953. The Morgan fingerprint density at radius 1 is 1.25 bits per heavy atom. The van der Waals surface area contributed by atoms with Gasteiger partial charge in [-0.05, 0) is 43.1 Å². The zero-order chi connectivity index (χ0) is 19.9. The maximum Gasteiger partial charge on any atom is 0.417 e. The molecule has 2 bridgehead atoms. The Labute approximate surface area is 158 Å². The molecule has 28 heavy (non-hydrogen) atoms. The van der Waals surface area contributed by atoms with Crippen molar-refractivity contribution in [1.29, 1.82) is 0 Å². The summed E-state index contributed by atoms with van der Waals surface area (Å²) in [5.41, 5.74) is 0.0699. The van der Waals surface area contributed by atoms with E-state index in [4.69, 9.17) is 0 Å². The summed E-state index contributed by atoms with van der Waals surface area (Å²) >= 11 is 0. The second-order valence-electron chi connectivity index (χ2n) is 7.26. The van der Waals surface area contributed by atoms with Crippen molar-refractivity contribution in [2.24, 2.45) is 5.92 Å². The average Bonchev–Trinajstić information content (AvgIpc) is 2.67. The molecular formula is C19H19F3N4O2. The van der Waals surface area contributed by atoms with Crippen LogP contribution in [0.4, 0.5) is 13.2 Å². The van der Waals surface area contributed by atoms with Gasteiger partial charge in [0, 0.05) is 30.9 Å². The molecule has 0 radical (unpaired) electrons. The summed E-state index contributed by atoms with van der Waals surface area (Å²) in [6, 6.07) is 5.46. The molecule has 1 saturated heterocycles. The molecule has 9 heteroatoms. The van der Waals surface area contributed by atoms with Crippen molar-refractivity contribution in [1.82, 2.24) is 20.2 Å². The first-order valence-corrected chi connectivity index (χ1v) is 9.07. The monoisotopic (exact) mass is 392 g/mol. The minimum absolute atomic E-state index is 0.0311. The van der Waals surface area contributed by atoms with Crippen LogP contribution in [0.15, 0.2) is 35.3 Å². The summed E-state index contributed by atoms with van der Waals surface area (Å²) in [4.78, 5) is 29.0. The molecule has 148 valence electrons. The lowest BCUT2D eigenvalue weighted by Crippen LogP contribution is -2.46. The summed E-state index contributed by atoms with van der Waals surface area (Å²) in [7, 11) is 0. The molecule has 1 amide bonds. The summed E-state index contributed by atoms with van der Waals surface area (Å²) in [5.74, 6) is 0.0862. The van der Waals surface area contributed by atoms with Gasteiger partial charge in [0.05, 0.1) is 17.8 Å². The largest absolute Gasteiger partial charge is 0.417 e. The maximum atomic E-state index is 12.8. The fourth-order valence-electron chi connectivity index (χ4n) is 3.93. The van der Waals surface area contributed by atoms with Crippen LogP contribution in [-0.4, -0.2) is 28.5 Å². The third-order valence-electron chi connectivity index (χ3n) is 5.34. The molecule has 2 aliphatic rings. The Hall–Kier alpha value is -2.68. The summed E-state index contributed by atoms with van der Waals surface area (Å²) in [6.45, 7) is 2.20. The Morgan fingerprint density at radius 3 is 2.79 bits per heavy atom. The van der Waals surface area contributed by atoms with Crippen LogP contribution in [0.1, 0.15) is 39.6 Å². The van der Waals surface area contributed by atoms with E-state index in [2.05, 4.69) is 15.6 Å². The van der Waals surface area contributed by atoms with Crippen LogP contribution in [0.2, 0.25) is 0 Å². The first kappa shape index (κ1) is 18.7. The molecule has 6 nitrogen and oxygen atoms in total. The molecule has 2 aromatic heterocycles. The third kappa shape index (κ3) is 3.54. The number of halogens is 3. The topological polar surface area (TPSA) is 76.0 Å². The minimum atomic E-state index is -4.46. The van der Waals surface area contributed by atoms with Gasteiger partial charge in [0.2, 0.25) is 0 Å². The van der Waals surface area contributed by atoms with Crippen molar-refractivity contribution in [3.05, 3.63) is 63.3 Å². The van der Waals surface area contributed by atoms with Gasteiger partial charge in [-0.25, -0.2) is 0 Å². The molecule has 0 aliphatic carbocycles. The van der Waals surface area contributed by atoms with E-state index in [1.165, 1.54) is 12.1 Å². The third-order valence-corrected chi connectivity index (χ3v) is 5.34. The summed E-state index contributed by atoms with van der Waals surface area (Å²) < 4.78 is 39.4. The van der Waals surface area contributed by atoms with Crippen molar-refractivity contribution in [2.75, 3.05) is 13.1 Å². The second-order valence-corrected chi connectivity index (χ2v) is 7.26. The van der Waals surface area contributed by atoms with Crippen LogP contribution < -0.4 is 16.2 Å². The predicted octanol–water partition coefficient (Wildman–Crippen LogP) is 1.90. The molecule has 2 N–H and O–H groups in total. The predicted molar refractivity (Wildman–Crippen MR) is 94.8 cm³/mol. The lowest BCUT2D eigenvalue weighted by Gasteiger charge is -2.37. The Morgan fingerprint density at radius 2 is 2.07 bits per heavy atom. The molecule has 0 saturated carbocycles. The van der Waals surface area contributed by atoms with Crippen LogP contribution >= 0.6 is 0 Å². The van der Waals surface area contributed by atoms with Crippen LogP contribution in [0.5, 0.6) is 0 Å². The van der Waals surface area contributed by atoms with Crippen molar-refractivity contribution >= 4 is 5.91 Å². The number of pyridine rings is 2. The highest BCUT2D eigenvalue weighted by molar-refractivity contribution is 5.93. The lowest BCUT2D eigenvalue weighted by atomic mass is 9.84. The van der Waals surface area contributed by atoms with Crippen LogP contribution in [0.25, 0.3) is 0 Å².